The molecule has 0 radical (unpaired) electrons. The number of hydrogen-bond donors (Lipinski definition) is 0. The van der Waals surface area contributed by atoms with Gasteiger partial charge in [-0.3, -0.25) is 0 Å². The van der Waals surface area contributed by atoms with Crippen LogP contribution in [0.15, 0.2) is 91.0 Å². The maximum atomic E-state index is 6.81. The van der Waals surface area contributed by atoms with Crippen molar-refractivity contribution < 1.29 is 0 Å². The van der Waals surface area contributed by atoms with Crippen LogP contribution in [0.3, 0.4) is 0 Å². The van der Waals surface area contributed by atoms with Crippen LogP contribution in [0, 0.1) is 0 Å². The summed E-state index contributed by atoms with van der Waals surface area (Å²) in [6.45, 7) is 0. The van der Waals surface area contributed by atoms with E-state index in [0.717, 1.165) is 0 Å². The summed E-state index contributed by atoms with van der Waals surface area (Å²) in [4.78, 5) is 0. The van der Waals surface area contributed by atoms with Gasteiger partial charge in [0.15, 0.2) is 0 Å². The van der Waals surface area contributed by atoms with Crippen molar-refractivity contribution in [1.29, 1.82) is 0 Å². The standard InChI is InChI=1S/C18H15Cl3GeSi/c19-23(20,21)22(16-10-4-1-5-11-16,17-12-6-2-7-13-17)18-14-8-3-9-15-18/h1-15H. The summed E-state index contributed by atoms with van der Waals surface area (Å²) in [5, 5.41) is 0. The molecule has 0 saturated carbocycles. The second kappa shape index (κ2) is 7.04. The van der Waals surface area contributed by atoms with E-state index in [2.05, 4.69) is 36.4 Å². The molecule has 3 aromatic carbocycles. The van der Waals surface area contributed by atoms with Gasteiger partial charge in [0, 0.05) is 0 Å². The third-order valence-corrected chi connectivity index (χ3v) is 35.6. The Bertz CT molecular complexity index is 662. The van der Waals surface area contributed by atoms with Gasteiger partial charge in [-0.05, 0) is 0 Å². The van der Waals surface area contributed by atoms with Gasteiger partial charge in [-0.25, -0.2) is 0 Å². The monoisotopic (exact) mass is 438 g/mol. The first-order valence-electron chi connectivity index (χ1n) is 7.30. The van der Waals surface area contributed by atoms with Gasteiger partial charge in [0.2, 0.25) is 0 Å². The zero-order chi connectivity index (χ0) is 16.3. The Labute approximate surface area is 153 Å². The van der Waals surface area contributed by atoms with Crippen molar-refractivity contribution >= 4 is 63.6 Å². The van der Waals surface area contributed by atoms with E-state index in [1.54, 1.807) is 0 Å². The Hall–Kier alpha value is -0.710. The Balaban J connectivity index is 2.41. The van der Waals surface area contributed by atoms with Crippen LogP contribution in [-0.4, -0.2) is 17.1 Å². The van der Waals surface area contributed by atoms with Gasteiger partial charge in [0.05, 0.1) is 0 Å². The average molecular weight is 438 g/mol. The molecule has 0 fully saturated rings. The zero-order valence-corrected chi connectivity index (χ0v) is 17.7. The average Bonchev–Trinajstić information content (AvgIpc) is 2.57. The van der Waals surface area contributed by atoms with E-state index >= 15 is 0 Å². The summed E-state index contributed by atoms with van der Waals surface area (Å²) >= 11 is 17.1. The van der Waals surface area contributed by atoms with Crippen molar-refractivity contribution in [2.75, 3.05) is 0 Å². The fourth-order valence-corrected chi connectivity index (χ4v) is 34.6. The normalized spacial score (nSPS) is 12.1. The van der Waals surface area contributed by atoms with E-state index < -0.39 is 17.1 Å². The summed E-state index contributed by atoms with van der Waals surface area (Å²) in [7, 11) is 0. The topological polar surface area (TPSA) is 0 Å². The minimum absolute atomic E-state index is 1.19. The second-order valence-corrected chi connectivity index (χ2v) is 34.6. The molecule has 0 heterocycles. The molecule has 0 spiro atoms. The quantitative estimate of drug-likeness (QED) is 0.429. The summed E-state index contributed by atoms with van der Waals surface area (Å²) < 4.78 is 0.519. The molecule has 0 unspecified atom stereocenters. The number of hydrogen-bond acceptors (Lipinski definition) is 0. The van der Waals surface area contributed by atoms with Crippen LogP contribution in [0.2, 0.25) is 0 Å². The van der Waals surface area contributed by atoms with Crippen LogP contribution in [0.25, 0.3) is 0 Å². The first kappa shape index (κ1) is 17.1. The zero-order valence-electron chi connectivity index (χ0n) is 12.3. The maximum absolute atomic E-state index is 6.81. The second-order valence-electron chi connectivity index (χ2n) is 5.35. The van der Waals surface area contributed by atoms with Crippen molar-refractivity contribution in [2.24, 2.45) is 0 Å². The van der Waals surface area contributed by atoms with Crippen LogP contribution in [0.5, 0.6) is 0 Å². The minimum atomic E-state index is -3.37. The molecule has 116 valence electrons. The predicted molar refractivity (Wildman–Crippen MR) is 107 cm³/mol. The van der Waals surface area contributed by atoms with Gasteiger partial charge >= 0.3 is 155 Å². The van der Waals surface area contributed by atoms with Gasteiger partial charge in [-0.2, -0.15) is 0 Å². The third kappa shape index (κ3) is 3.13. The Morgan fingerprint density at radius 2 is 0.739 bits per heavy atom. The fourth-order valence-electron chi connectivity index (χ4n) is 3.06. The van der Waals surface area contributed by atoms with Gasteiger partial charge < -0.3 is 0 Å². The molecule has 0 aliphatic heterocycles. The van der Waals surface area contributed by atoms with Gasteiger partial charge in [0.1, 0.15) is 0 Å². The molecule has 23 heavy (non-hydrogen) atoms. The van der Waals surface area contributed by atoms with E-state index in [0.29, 0.717) is 0 Å². The molecular weight excluding hydrogens is 423 g/mol. The Morgan fingerprint density at radius 1 is 0.478 bits per heavy atom. The molecule has 0 aliphatic rings. The van der Waals surface area contributed by atoms with E-state index in [4.69, 9.17) is 33.2 Å². The van der Waals surface area contributed by atoms with Crippen molar-refractivity contribution in [3.63, 3.8) is 0 Å². The molecule has 3 rings (SSSR count). The first-order chi connectivity index (χ1) is 11.1. The van der Waals surface area contributed by atoms with Gasteiger partial charge in [-0.1, -0.05) is 0 Å². The Morgan fingerprint density at radius 3 is 0.957 bits per heavy atom. The molecule has 0 N–H and O–H groups in total. The van der Waals surface area contributed by atoms with Crippen LogP contribution in [0.4, 0.5) is 0 Å². The fraction of sp³-hybridized carbons (Fsp3) is 0. The van der Waals surface area contributed by atoms with Gasteiger partial charge in [-0.15, -0.1) is 0 Å². The number of rotatable bonds is 4. The molecule has 0 atom stereocenters. The first-order valence-corrected chi connectivity index (χ1v) is 18.6. The summed E-state index contributed by atoms with van der Waals surface area (Å²) in [5.74, 6) is 0. The summed E-state index contributed by atoms with van der Waals surface area (Å²) in [6.07, 6.45) is 0. The van der Waals surface area contributed by atoms with Crippen LogP contribution < -0.4 is 13.2 Å². The molecule has 5 heteroatoms. The van der Waals surface area contributed by atoms with Crippen molar-refractivity contribution in [3.8, 4) is 0 Å². The van der Waals surface area contributed by atoms with Crippen molar-refractivity contribution in [1.82, 2.24) is 0 Å². The van der Waals surface area contributed by atoms with E-state index in [-0.39, 0.29) is 0 Å². The number of halogens is 3. The van der Waals surface area contributed by atoms with E-state index in [1.807, 2.05) is 54.6 Å². The summed E-state index contributed by atoms with van der Waals surface area (Å²) in [6, 6.07) is 30.9. The summed E-state index contributed by atoms with van der Waals surface area (Å²) in [5.41, 5.74) is 0. The predicted octanol–water partition coefficient (Wildman–Crippen LogP) is 3.89. The van der Waals surface area contributed by atoms with E-state index in [9.17, 15) is 0 Å². The van der Waals surface area contributed by atoms with Gasteiger partial charge in [0.25, 0.3) is 0 Å². The molecular formula is C18H15Cl3GeSi. The molecule has 3 aromatic rings. The molecule has 0 amide bonds. The van der Waals surface area contributed by atoms with Crippen LogP contribution in [-0.2, 0) is 0 Å². The van der Waals surface area contributed by atoms with Crippen LogP contribution in [0.1, 0.15) is 0 Å². The Kier molecular flexibility index (Phi) is 5.24. The van der Waals surface area contributed by atoms with Crippen molar-refractivity contribution in [2.45, 2.75) is 0 Å². The van der Waals surface area contributed by atoms with E-state index in [1.165, 1.54) is 13.2 Å². The number of benzene rings is 3. The molecule has 0 aromatic heterocycles. The van der Waals surface area contributed by atoms with Crippen molar-refractivity contribution in [3.05, 3.63) is 91.0 Å². The molecule has 0 bridgehead atoms. The molecule has 0 nitrogen and oxygen atoms in total. The third-order valence-electron chi connectivity index (χ3n) is 4.05. The molecule has 0 aliphatic carbocycles. The van der Waals surface area contributed by atoms with Crippen LogP contribution >= 0.6 is 33.2 Å². The molecule has 0 saturated heterocycles. The SMILES string of the molecule is Cl[Si](Cl)(Cl)[Ge]([c]1ccccc1)([c]1ccccc1)[c]1ccccc1.